The molecule has 2 rings (SSSR count). The highest BCUT2D eigenvalue weighted by Crippen LogP contribution is 2.45. The van der Waals surface area contributed by atoms with Crippen LogP contribution in [0.1, 0.15) is 68.3 Å². The fraction of sp³-hybridized carbons (Fsp3) is 0.600. The minimum absolute atomic E-state index is 0.210. The number of unbranched alkanes of at least 4 members (excludes halogenated alkanes) is 1. The summed E-state index contributed by atoms with van der Waals surface area (Å²) in [5, 5.41) is 0. The summed E-state index contributed by atoms with van der Waals surface area (Å²) in [6.07, 6.45) is 4.59. The van der Waals surface area contributed by atoms with E-state index in [1.54, 1.807) is 6.07 Å². The predicted octanol–water partition coefficient (Wildman–Crippen LogP) is 4.44. The van der Waals surface area contributed by atoms with Gasteiger partial charge in [-0.1, -0.05) is 38.0 Å². The molecule has 1 aromatic rings. The topological polar surface area (TPSA) is 52.6 Å². The number of carbonyl (C=O) groups is 2. The standard InChI is InChI=1S/C20H28O4/c1-4-6-13-20(19(22)23-5-2)14-9-12-17(20)24-18(21)16-11-8-7-10-15(16)3/h7-8,10-11,17H,4-6,9,12-14H2,1-3H3. The van der Waals surface area contributed by atoms with Gasteiger partial charge in [0.15, 0.2) is 0 Å². The highest BCUT2D eigenvalue weighted by atomic mass is 16.6. The lowest BCUT2D eigenvalue weighted by Gasteiger charge is -2.32. The largest absolute Gasteiger partial charge is 0.465 e. The molecule has 0 N–H and O–H groups in total. The zero-order valence-corrected chi connectivity index (χ0v) is 15.0. The lowest BCUT2D eigenvalue weighted by atomic mass is 9.79. The third-order valence-corrected chi connectivity index (χ3v) is 4.98. The Morgan fingerprint density at radius 2 is 2.00 bits per heavy atom. The van der Waals surface area contributed by atoms with Crippen molar-refractivity contribution in [2.45, 2.75) is 65.4 Å². The Morgan fingerprint density at radius 3 is 2.67 bits per heavy atom. The van der Waals surface area contributed by atoms with Crippen LogP contribution in [0.5, 0.6) is 0 Å². The molecule has 0 heterocycles. The van der Waals surface area contributed by atoms with Crippen molar-refractivity contribution >= 4 is 11.9 Å². The number of esters is 2. The molecule has 132 valence electrons. The second-order valence-electron chi connectivity index (χ2n) is 6.58. The minimum atomic E-state index is -0.676. The van der Waals surface area contributed by atoms with Gasteiger partial charge in [0.05, 0.1) is 12.2 Å². The second kappa shape index (κ2) is 8.32. The molecule has 1 aliphatic rings. The van der Waals surface area contributed by atoms with Crippen molar-refractivity contribution in [2.75, 3.05) is 6.61 Å². The summed E-state index contributed by atoms with van der Waals surface area (Å²) in [7, 11) is 0. The van der Waals surface area contributed by atoms with E-state index in [9.17, 15) is 9.59 Å². The van der Waals surface area contributed by atoms with Gasteiger partial charge >= 0.3 is 11.9 Å². The van der Waals surface area contributed by atoms with Crippen molar-refractivity contribution in [1.29, 1.82) is 0 Å². The van der Waals surface area contributed by atoms with Gasteiger partial charge in [-0.15, -0.1) is 0 Å². The van der Waals surface area contributed by atoms with Crippen LogP contribution in [0.4, 0.5) is 0 Å². The Labute approximate surface area is 144 Å². The van der Waals surface area contributed by atoms with E-state index in [1.165, 1.54) is 0 Å². The Bertz CT molecular complexity index is 581. The van der Waals surface area contributed by atoms with Crippen LogP contribution in [-0.2, 0) is 14.3 Å². The average molecular weight is 332 g/mol. The number of carbonyl (C=O) groups excluding carboxylic acids is 2. The zero-order valence-electron chi connectivity index (χ0n) is 15.0. The highest BCUT2D eigenvalue weighted by Gasteiger charge is 2.51. The molecule has 0 radical (unpaired) electrons. The number of benzene rings is 1. The number of ether oxygens (including phenoxy) is 2. The smallest absolute Gasteiger partial charge is 0.338 e. The first-order valence-electron chi connectivity index (χ1n) is 8.99. The summed E-state index contributed by atoms with van der Waals surface area (Å²) in [4.78, 5) is 25.2. The molecule has 0 saturated heterocycles. The van der Waals surface area contributed by atoms with Gasteiger partial charge in [0, 0.05) is 0 Å². The molecule has 24 heavy (non-hydrogen) atoms. The van der Waals surface area contributed by atoms with E-state index < -0.39 is 11.5 Å². The van der Waals surface area contributed by atoms with Crippen molar-refractivity contribution in [3.8, 4) is 0 Å². The fourth-order valence-electron chi connectivity index (χ4n) is 3.60. The van der Waals surface area contributed by atoms with Crippen molar-refractivity contribution in [2.24, 2.45) is 5.41 Å². The monoisotopic (exact) mass is 332 g/mol. The average Bonchev–Trinajstić information content (AvgIpc) is 2.97. The van der Waals surface area contributed by atoms with E-state index in [1.807, 2.05) is 32.0 Å². The fourth-order valence-corrected chi connectivity index (χ4v) is 3.60. The first kappa shape index (κ1) is 18.5. The molecule has 0 bridgehead atoms. The Kier molecular flexibility index (Phi) is 6.41. The predicted molar refractivity (Wildman–Crippen MR) is 92.8 cm³/mol. The first-order chi connectivity index (χ1) is 11.5. The van der Waals surface area contributed by atoms with Crippen LogP contribution >= 0.6 is 0 Å². The van der Waals surface area contributed by atoms with Gasteiger partial charge in [0.25, 0.3) is 0 Å². The maximum Gasteiger partial charge on any atom is 0.338 e. The molecule has 1 aliphatic carbocycles. The number of aryl methyl sites for hydroxylation is 1. The summed E-state index contributed by atoms with van der Waals surface area (Å²) in [5.41, 5.74) is 0.776. The third kappa shape index (κ3) is 3.80. The van der Waals surface area contributed by atoms with Gasteiger partial charge in [0.2, 0.25) is 0 Å². The summed E-state index contributed by atoms with van der Waals surface area (Å²) < 4.78 is 11.2. The van der Waals surface area contributed by atoms with Gasteiger partial charge in [-0.3, -0.25) is 4.79 Å². The maximum atomic E-state index is 12.7. The van der Waals surface area contributed by atoms with Gasteiger partial charge in [-0.2, -0.15) is 0 Å². The van der Waals surface area contributed by atoms with Crippen LogP contribution in [0.15, 0.2) is 24.3 Å². The number of hydrogen-bond acceptors (Lipinski definition) is 4. The molecule has 4 nitrogen and oxygen atoms in total. The van der Waals surface area contributed by atoms with Gasteiger partial charge < -0.3 is 9.47 Å². The second-order valence-corrected chi connectivity index (χ2v) is 6.58. The van der Waals surface area contributed by atoms with Gasteiger partial charge in [-0.25, -0.2) is 4.79 Å². The van der Waals surface area contributed by atoms with E-state index >= 15 is 0 Å². The van der Waals surface area contributed by atoms with E-state index in [4.69, 9.17) is 9.47 Å². The SMILES string of the molecule is CCCCC1(C(=O)OCC)CCCC1OC(=O)c1ccccc1C. The summed E-state index contributed by atoms with van der Waals surface area (Å²) in [5.74, 6) is -0.552. The van der Waals surface area contributed by atoms with Crippen molar-refractivity contribution in [3.05, 3.63) is 35.4 Å². The molecule has 0 amide bonds. The Morgan fingerprint density at radius 1 is 1.25 bits per heavy atom. The summed E-state index contributed by atoms with van der Waals surface area (Å²) in [6.45, 7) is 6.16. The molecule has 2 unspecified atom stereocenters. The molecule has 1 aromatic carbocycles. The van der Waals surface area contributed by atoms with Crippen molar-refractivity contribution in [3.63, 3.8) is 0 Å². The summed E-state index contributed by atoms with van der Waals surface area (Å²) >= 11 is 0. The minimum Gasteiger partial charge on any atom is -0.465 e. The molecule has 1 fully saturated rings. The van der Waals surface area contributed by atoms with Crippen LogP contribution in [0, 0.1) is 12.3 Å². The lowest BCUT2D eigenvalue weighted by Crippen LogP contribution is -2.42. The van der Waals surface area contributed by atoms with Crippen LogP contribution in [-0.4, -0.2) is 24.6 Å². The lowest BCUT2D eigenvalue weighted by molar-refractivity contribution is -0.162. The Balaban J connectivity index is 2.21. The summed E-state index contributed by atoms with van der Waals surface area (Å²) in [6, 6.07) is 7.38. The molecule has 0 spiro atoms. The molecule has 1 saturated carbocycles. The third-order valence-electron chi connectivity index (χ3n) is 4.98. The first-order valence-corrected chi connectivity index (χ1v) is 8.99. The van der Waals surface area contributed by atoms with Crippen LogP contribution in [0.2, 0.25) is 0 Å². The molecule has 4 heteroatoms. The molecule has 2 atom stereocenters. The molecular weight excluding hydrogens is 304 g/mol. The van der Waals surface area contributed by atoms with Crippen molar-refractivity contribution in [1.82, 2.24) is 0 Å². The van der Waals surface area contributed by atoms with Gasteiger partial charge in [-0.05, 0) is 51.2 Å². The normalized spacial score (nSPS) is 23.0. The van der Waals surface area contributed by atoms with E-state index in [2.05, 4.69) is 6.92 Å². The van der Waals surface area contributed by atoms with Gasteiger partial charge in [0.1, 0.15) is 11.5 Å². The van der Waals surface area contributed by atoms with E-state index in [0.29, 0.717) is 18.6 Å². The zero-order chi connectivity index (χ0) is 17.6. The Hall–Kier alpha value is -1.84. The molecular formula is C20H28O4. The van der Waals surface area contributed by atoms with E-state index in [0.717, 1.165) is 37.7 Å². The highest BCUT2D eigenvalue weighted by molar-refractivity contribution is 5.91. The van der Waals surface area contributed by atoms with Crippen LogP contribution in [0.3, 0.4) is 0 Å². The number of hydrogen-bond donors (Lipinski definition) is 0. The quantitative estimate of drug-likeness (QED) is 0.693. The molecule has 0 aliphatic heterocycles. The van der Waals surface area contributed by atoms with Crippen LogP contribution in [0.25, 0.3) is 0 Å². The molecule has 0 aromatic heterocycles. The number of rotatable bonds is 7. The van der Waals surface area contributed by atoms with Crippen molar-refractivity contribution < 1.29 is 19.1 Å². The maximum absolute atomic E-state index is 12.7. The van der Waals surface area contributed by atoms with E-state index in [-0.39, 0.29) is 11.9 Å². The van der Waals surface area contributed by atoms with Crippen LogP contribution < -0.4 is 0 Å².